The summed E-state index contributed by atoms with van der Waals surface area (Å²) in [5, 5.41) is 105. The third-order valence-corrected chi connectivity index (χ3v) is 18.4. The lowest BCUT2D eigenvalue weighted by Crippen LogP contribution is -2.65. The molecule has 3 aliphatic heterocycles. The molecular formula is C47H76O17. The van der Waals surface area contributed by atoms with Gasteiger partial charge in [-0.3, -0.25) is 4.79 Å². The molecular weight excluding hydrogens is 836 g/mol. The summed E-state index contributed by atoms with van der Waals surface area (Å²) < 4.78 is 35.8. The van der Waals surface area contributed by atoms with Gasteiger partial charge in [0.15, 0.2) is 12.6 Å². The molecule has 64 heavy (non-hydrogen) atoms. The Morgan fingerprint density at radius 1 is 0.625 bits per heavy atom. The standard InChI is InChI=1S/C47H76O17/c1-21-38(63-40-35(55)32(52)30(50)25(19-48)60-40)34(54)37(57)39(59-21)62-29-12-14-46(7)27(44(29,4)5)11-13-45(6)23-10-15-47(17-16-43(2,3)18-24(47)22(23)8-9-28(45)46)42(58)64-41-36(56)33(53)31(51)26(20-49)61-41/h21,24-41,48-57H,8-20H2,1-7H3/t21-,24+,25-,26-,27+,28+,29+,30-,31-,32+,33+,34-,35-,36-,37-,38+,39+,40+,41+,45+,46+,47-/m1/s1. The number of hydrogen-bond donors (Lipinski definition) is 10. The van der Waals surface area contributed by atoms with Crippen LogP contribution < -0.4 is 0 Å². The van der Waals surface area contributed by atoms with Gasteiger partial charge in [-0.2, -0.15) is 0 Å². The van der Waals surface area contributed by atoms with Crippen LogP contribution in [0.3, 0.4) is 0 Å². The van der Waals surface area contributed by atoms with Crippen molar-refractivity contribution in [2.45, 2.75) is 217 Å². The van der Waals surface area contributed by atoms with Gasteiger partial charge in [0.25, 0.3) is 0 Å². The summed E-state index contributed by atoms with van der Waals surface area (Å²) in [5.74, 6) is 0.0941. The first-order chi connectivity index (χ1) is 30.0. The maximum absolute atomic E-state index is 14.6. The summed E-state index contributed by atoms with van der Waals surface area (Å²) in [7, 11) is 0. The first kappa shape index (κ1) is 49.0. The van der Waals surface area contributed by atoms with Crippen molar-refractivity contribution in [1.82, 2.24) is 0 Å². The third kappa shape index (κ3) is 7.85. The van der Waals surface area contributed by atoms with E-state index in [0.717, 1.165) is 51.4 Å². The molecule has 0 aromatic carbocycles. The van der Waals surface area contributed by atoms with Crippen LogP contribution >= 0.6 is 0 Å². The summed E-state index contributed by atoms with van der Waals surface area (Å²) >= 11 is 0. The lowest BCUT2D eigenvalue weighted by molar-refractivity contribution is -0.364. The zero-order valence-corrected chi connectivity index (χ0v) is 38.5. The second-order valence-electron chi connectivity index (χ2n) is 22.8. The molecule has 6 fully saturated rings. The molecule has 8 aliphatic rings. The van der Waals surface area contributed by atoms with Crippen LogP contribution in [0, 0.1) is 44.8 Å². The van der Waals surface area contributed by atoms with E-state index in [2.05, 4.69) is 41.5 Å². The Kier molecular flexibility index (Phi) is 13.4. The van der Waals surface area contributed by atoms with Crippen molar-refractivity contribution in [3.05, 3.63) is 11.1 Å². The molecule has 0 spiro atoms. The number of aliphatic hydroxyl groups excluding tert-OH is 10. The highest BCUT2D eigenvalue weighted by atomic mass is 16.7. The lowest BCUT2D eigenvalue weighted by atomic mass is 9.38. The van der Waals surface area contributed by atoms with E-state index in [-0.39, 0.29) is 39.6 Å². The summed E-state index contributed by atoms with van der Waals surface area (Å²) in [5.41, 5.74) is 1.48. The Bertz CT molecular complexity index is 1740. The third-order valence-electron chi connectivity index (χ3n) is 18.4. The topological polar surface area (TPSA) is 275 Å². The number of ether oxygens (including phenoxy) is 6. The highest BCUT2D eigenvalue weighted by molar-refractivity contribution is 5.79. The van der Waals surface area contributed by atoms with Crippen LogP contribution in [0.1, 0.15) is 119 Å². The molecule has 0 radical (unpaired) electrons. The van der Waals surface area contributed by atoms with Gasteiger partial charge in [-0.15, -0.1) is 0 Å². The molecule has 3 saturated heterocycles. The van der Waals surface area contributed by atoms with Crippen molar-refractivity contribution in [2.24, 2.45) is 44.8 Å². The normalized spacial score (nSPS) is 52.4. The van der Waals surface area contributed by atoms with Gasteiger partial charge in [-0.25, -0.2) is 0 Å². The minimum atomic E-state index is -1.69. The fourth-order valence-electron chi connectivity index (χ4n) is 14.7. The van der Waals surface area contributed by atoms with E-state index < -0.39 is 117 Å². The quantitative estimate of drug-likeness (QED) is 0.0922. The Labute approximate surface area is 376 Å². The average Bonchev–Trinajstić information content (AvgIpc) is 3.24. The van der Waals surface area contributed by atoms with E-state index in [1.54, 1.807) is 6.92 Å². The molecule has 17 nitrogen and oxygen atoms in total. The van der Waals surface area contributed by atoms with Crippen LogP contribution in [-0.2, 0) is 33.2 Å². The molecule has 3 heterocycles. The van der Waals surface area contributed by atoms with Crippen molar-refractivity contribution in [1.29, 1.82) is 0 Å². The number of carbonyl (C=O) groups is 1. The van der Waals surface area contributed by atoms with Crippen LogP contribution in [-0.4, -0.2) is 168 Å². The number of carbonyl (C=O) groups excluding carboxylic acids is 1. The predicted molar refractivity (Wildman–Crippen MR) is 224 cm³/mol. The SMILES string of the molecule is C[C@H]1O[C@@H](O[C@H]2CC[C@]3(C)[C@H]4CCC5=C(CC[C@@]6(C(=O)O[C@@H]7O[C@H](CO)[C@@H](O)[C@H](O)[C@H]7O)CCC(C)(C)C[C@@H]56)[C@]4(C)CC[C@H]3C2(C)C)[C@H](O)[C@@H](O)[C@H]1O[C@@H]1O[C@H](CO)[C@@H](O)[C@H](O)[C@H]1O. The molecule has 366 valence electrons. The van der Waals surface area contributed by atoms with Gasteiger partial charge < -0.3 is 79.5 Å². The van der Waals surface area contributed by atoms with Gasteiger partial charge in [-0.1, -0.05) is 52.7 Å². The van der Waals surface area contributed by atoms with Crippen molar-refractivity contribution >= 4 is 5.97 Å². The predicted octanol–water partition coefficient (Wildman–Crippen LogP) is 0.922. The lowest BCUT2D eigenvalue weighted by Gasteiger charge is -2.67. The Balaban J connectivity index is 0.976. The Hall–Kier alpha value is -1.39. The number of rotatable bonds is 8. The van der Waals surface area contributed by atoms with E-state index in [0.29, 0.717) is 25.2 Å². The summed E-state index contributed by atoms with van der Waals surface area (Å²) in [6.07, 6.45) is -12.9. The first-order valence-corrected chi connectivity index (χ1v) is 23.8. The van der Waals surface area contributed by atoms with Crippen molar-refractivity contribution in [2.75, 3.05) is 13.2 Å². The van der Waals surface area contributed by atoms with Crippen molar-refractivity contribution in [3.63, 3.8) is 0 Å². The average molecular weight is 913 g/mol. The maximum Gasteiger partial charge on any atom is 0.315 e. The molecule has 22 atom stereocenters. The highest BCUT2D eigenvalue weighted by Gasteiger charge is 2.66. The minimum Gasteiger partial charge on any atom is -0.432 e. The first-order valence-electron chi connectivity index (χ1n) is 23.8. The number of esters is 1. The van der Waals surface area contributed by atoms with E-state index in [4.69, 9.17) is 28.4 Å². The fourth-order valence-corrected chi connectivity index (χ4v) is 14.7. The molecule has 8 rings (SSSR count). The van der Waals surface area contributed by atoms with Gasteiger partial charge in [-0.05, 0) is 117 Å². The molecule has 0 amide bonds. The van der Waals surface area contributed by atoms with Crippen LogP contribution in [0.15, 0.2) is 11.1 Å². The largest absolute Gasteiger partial charge is 0.432 e. The van der Waals surface area contributed by atoms with Crippen LogP contribution in [0.4, 0.5) is 0 Å². The van der Waals surface area contributed by atoms with E-state index in [1.165, 1.54) is 11.1 Å². The zero-order valence-electron chi connectivity index (χ0n) is 38.5. The van der Waals surface area contributed by atoms with Gasteiger partial charge in [0, 0.05) is 0 Å². The smallest absolute Gasteiger partial charge is 0.315 e. The summed E-state index contributed by atoms with van der Waals surface area (Å²) in [6.45, 7) is 14.2. The van der Waals surface area contributed by atoms with Gasteiger partial charge in [0.1, 0.15) is 67.1 Å². The maximum atomic E-state index is 14.6. The molecule has 0 bridgehead atoms. The molecule has 0 aromatic heterocycles. The minimum absolute atomic E-state index is 0.0153. The zero-order chi connectivity index (χ0) is 46.6. The highest BCUT2D eigenvalue weighted by Crippen LogP contribution is 2.72. The van der Waals surface area contributed by atoms with Gasteiger partial charge in [0.2, 0.25) is 6.29 Å². The number of allylic oxidation sites excluding steroid dienone is 2. The van der Waals surface area contributed by atoms with Crippen LogP contribution in [0.2, 0.25) is 0 Å². The Morgan fingerprint density at radius 3 is 1.86 bits per heavy atom. The van der Waals surface area contributed by atoms with Gasteiger partial charge >= 0.3 is 5.97 Å². The molecule has 0 aromatic rings. The monoisotopic (exact) mass is 913 g/mol. The molecule has 5 aliphatic carbocycles. The van der Waals surface area contributed by atoms with Gasteiger partial charge in [0.05, 0.1) is 30.8 Å². The summed E-state index contributed by atoms with van der Waals surface area (Å²) in [4.78, 5) is 14.6. The van der Waals surface area contributed by atoms with E-state index in [9.17, 15) is 55.9 Å². The Morgan fingerprint density at radius 2 is 1.22 bits per heavy atom. The number of aliphatic hydroxyl groups is 10. The second-order valence-corrected chi connectivity index (χ2v) is 22.8. The molecule has 17 heteroatoms. The van der Waals surface area contributed by atoms with E-state index in [1.807, 2.05) is 0 Å². The van der Waals surface area contributed by atoms with E-state index >= 15 is 0 Å². The molecule has 0 unspecified atom stereocenters. The fraction of sp³-hybridized carbons (Fsp3) is 0.936. The number of fused-ring (bicyclic) bond motifs is 6. The molecule has 10 N–H and O–H groups in total. The van der Waals surface area contributed by atoms with Crippen molar-refractivity contribution < 1.29 is 84.3 Å². The van der Waals surface area contributed by atoms with Crippen LogP contribution in [0.5, 0.6) is 0 Å². The second kappa shape index (κ2) is 17.5. The molecule has 3 saturated carbocycles. The van der Waals surface area contributed by atoms with Crippen molar-refractivity contribution in [3.8, 4) is 0 Å². The summed E-state index contributed by atoms with van der Waals surface area (Å²) in [6, 6.07) is 0. The number of hydrogen-bond acceptors (Lipinski definition) is 17. The van der Waals surface area contributed by atoms with Crippen LogP contribution in [0.25, 0.3) is 0 Å².